The molecule has 118 valence electrons. The SMILES string of the molecule is CCCNCc1ccc(N2CC(C)OC(C)(C)C2)c(Cl)c1. The van der Waals surface area contributed by atoms with Gasteiger partial charge in [-0.15, -0.1) is 0 Å². The van der Waals surface area contributed by atoms with E-state index in [-0.39, 0.29) is 11.7 Å². The zero-order valence-electron chi connectivity index (χ0n) is 13.6. The molecule has 0 spiro atoms. The van der Waals surface area contributed by atoms with E-state index in [2.05, 4.69) is 56.1 Å². The van der Waals surface area contributed by atoms with Gasteiger partial charge in [-0.25, -0.2) is 0 Å². The molecule has 1 aromatic rings. The number of nitrogens with one attached hydrogen (secondary N) is 1. The van der Waals surface area contributed by atoms with E-state index < -0.39 is 0 Å². The van der Waals surface area contributed by atoms with E-state index in [0.29, 0.717) is 0 Å². The minimum Gasteiger partial charge on any atom is -0.369 e. The van der Waals surface area contributed by atoms with Gasteiger partial charge in [-0.3, -0.25) is 0 Å². The van der Waals surface area contributed by atoms with Crippen molar-refractivity contribution in [3.8, 4) is 0 Å². The first-order chi connectivity index (χ1) is 9.91. The summed E-state index contributed by atoms with van der Waals surface area (Å²) in [4.78, 5) is 2.33. The van der Waals surface area contributed by atoms with Crippen LogP contribution in [0.2, 0.25) is 5.02 Å². The molecule has 0 aliphatic carbocycles. The molecule has 21 heavy (non-hydrogen) atoms. The lowest BCUT2D eigenvalue weighted by atomic mass is 10.0. The molecular formula is C17H27ClN2O. The van der Waals surface area contributed by atoms with Gasteiger partial charge in [0.05, 0.1) is 22.4 Å². The average molecular weight is 311 g/mol. The zero-order chi connectivity index (χ0) is 15.5. The standard InChI is InChI=1S/C17H27ClN2O/c1-5-8-19-10-14-6-7-16(15(18)9-14)20-11-13(2)21-17(3,4)12-20/h6-7,9,13,19H,5,8,10-12H2,1-4H3. The fraction of sp³-hybridized carbons (Fsp3) is 0.647. The van der Waals surface area contributed by atoms with Crippen molar-refractivity contribution in [2.45, 2.75) is 52.4 Å². The summed E-state index contributed by atoms with van der Waals surface area (Å²) in [6.07, 6.45) is 1.36. The highest BCUT2D eigenvalue weighted by Gasteiger charge is 2.32. The Labute approximate surface area is 133 Å². The van der Waals surface area contributed by atoms with Crippen LogP contribution in [0.3, 0.4) is 0 Å². The van der Waals surface area contributed by atoms with Gasteiger partial charge in [0.25, 0.3) is 0 Å². The Morgan fingerprint density at radius 1 is 1.43 bits per heavy atom. The number of halogens is 1. The van der Waals surface area contributed by atoms with Crippen LogP contribution in [0.4, 0.5) is 5.69 Å². The highest BCUT2D eigenvalue weighted by molar-refractivity contribution is 6.33. The maximum absolute atomic E-state index is 6.51. The van der Waals surface area contributed by atoms with Crippen LogP contribution in [0.5, 0.6) is 0 Å². The van der Waals surface area contributed by atoms with Crippen LogP contribution in [0.1, 0.15) is 39.7 Å². The highest BCUT2D eigenvalue weighted by Crippen LogP contribution is 2.31. The Balaban J connectivity index is 2.09. The fourth-order valence-electron chi connectivity index (χ4n) is 2.96. The normalized spacial score (nSPS) is 21.6. The molecular weight excluding hydrogens is 284 g/mol. The maximum Gasteiger partial charge on any atom is 0.0805 e. The summed E-state index contributed by atoms with van der Waals surface area (Å²) < 4.78 is 5.96. The molecule has 1 fully saturated rings. The van der Waals surface area contributed by atoms with E-state index in [0.717, 1.165) is 43.3 Å². The van der Waals surface area contributed by atoms with Crippen LogP contribution in [-0.4, -0.2) is 31.3 Å². The lowest BCUT2D eigenvalue weighted by Crippen LogP contribution is -2.52. The van der Waals surface area contributed by atoms with Crippen LogP contribution >= 0.6 is 11.6 Å². The molecule has 1 aromatic carbocycles. The second-order valence-corrected chi connectivity index (χ2v) is 6.94. The van der Waals surface area contributed by atoms with E-state index in [1.54, 1.807) is 0 Å². The molecule has 0 amide bonds. The number of hydrogen-bond donors (Lipinski definition) is 1. The van der Waals surface area contributed by atoms with Crippen molar-refractivity contribution in [1.29, 1.82) is 0 Å². The first-order valence-corrected chi connectivity index (χ1v) is 8.21. The third kappa shape index (κ3) is 4.60. The van der Waals surface area contributed by atoms with Gasteiger partial charge in [-0.05, 0) is 51.4 Å². The Kier molecular flexibility index (Phi) is 5.53. The highest BCUT2D eigenvalue weighted by atomic mass is 35.5. The molecule has 1 saturated heterocycles. The molecule has 0 bridgehead atoms. The molecule has 0 aromatic heterocycles. The van der Waals surface area contributed by atoms with Crippen LogP contribution in [-0.2, 0) is 11.3 Å². The number of nitrogens with zero attached hydrogens (tertiary/aromatic N) is 1. The number of rotatable bonds is 5. The Morgan fingerprint density at radius 3 is 2.81 bits per heavy atom. The molecule has 1 aliphatic heterocycles. The van der Waals surface area contributed by atoms with Gasteiger partial charge < -0.3 is 15.0 Å². The van der Waals surface area contributed by atoms with Crippen molar-refractivity contribution in [2.75, 3.05) is 24.5 Å². The third-order valence-corrected chi connectivity index (χ3v) is 3.98. The van der Waals surface area contributed by atoms with Gasteiger partial charge >= 0.3 is 0 Å². The van der Waals surface area contributed by atoms with Gasteiger partial charge in [0.15, 0.2) is 0 Å². The van der Waals surface area contributed by atoms with Gasteiger partial charge in [0.2, 0.25) is 0 Å². The van der Waals surface area contributed by atoms with Crippen LogP contribution in [0.25, 0.3) is 0 Å². The second kappa shape index (κ2) is 6.99. The molecule has 1 unspecified atom stereocenters. The second-order valence-electron chi connectivity index (χ2n) is 6.53. The summed E-state index contributed by atoms with van der Waals surface area (Å²) in [5.74, 6) is 0. The first kappa shape index (κ1) is 16.6. The van der Waals surface area contributed by atoms with Crippen molar-refractivity contribution in [3.05, 3.63) is 28.8 Å². The third-order valence-electron chi connectivity index (χ3n) is 3.68. The summed E-state index contributed by atoms with van der Waals surface area (Å²) in [7, 11) is 0. The molecule has 1 N–H and O–H groups in total. The lowest BCUT2D eigenvalue weighted by molar-refractivity contribution is -0.0749. The van der Waals surface area contributed by atoms with Crippen LogP contribution < -0.4 is 10.2 Å². The average Bonchev–Trinajstić information content (AvgIpc) is 2.36. The molecule has 0 radical (unpaired) electrons. The van der Waals surface area contributed by atoms with Crippen molar-refractivity contribution in [3.63, 3.8) is 0 Å². The summed E-state index contributed by atoms with van der Waals surface area (Å²) in [5.41, 5.74) is 2.21. The first-order valence-electron chi connectivity index (χ1n) is 7.83. The Hall–Kier alpha value is -0.770. The number of hydrogen-bond acceptors (Lipinski definition) is 3. The quantitative estimate of drug-likeness (QED) is 0.836. The Morgan fingerprint density at radius 2 is 2.19 bits per heavy atom. The largest absolute Gasteiger partial charge is 0.369 e. The molecule has 0 saturated carbocycles. The van der Waals surface area contributed by atoms with E-state index in [4.69, 9.17) is 16.3 Å². The maximum atomic E-state index is 6.51. The minimum atomic E-state index is -0.137. The van der Waals surface area contributed by atoms with E-state index in [1.807, 2.05) is 0 Å². The predicted octanol–water partition coefficient (Wildman–Crippen LogP) is 3.84. The van der Waals surface area contributed by atoms with Crippen molar-refractivity contribution < 1.29 is 4.74 Å². The lowest BCUT2D eigenvalue weighted by Gasteiger charge is -2.43. The molecule has 1 atom stereocenters. The van der Waals surface area contributed by atoms with E-state index in [1.165, 1.54) is 5.56 Å². The topological polar surface area (TPSA) is 24.5 Å². The fourth-order valence-corrected chi connectivity index (χ4v) is 3.29. The minimum absolute atomic E-state index is 0.137. The number of morpholine rings is 1. The van der Waals surface area contributed by atoms with E-state index in [9.17, 15) is 0 Å². The smallest absolute Gasteiger partial charge is 0.0805 e. The van der Waals surface area contributed by atoms with Crippen LogP contribution in [0.15, 0.2) is 18.2 Å². The summed E-state index contributed by atoms with van der Waals surface area (Å²) in [6, 6.07) is 6.38. The molecule has 3 nitrogen and oxygen atoms in total. The van der Waals surface area contributed by atoms with E-state index >= 15 is 0 Å². The predicted molar refractivity (Wildman–Crippen MR) is 90.3 cm³/mol. The summed E-state index contributed by atoms with van der Waals surface area (Å²) >= 11 is 6.51. The number of benzene rings is 1. The van der Waals surface area contributed by atoms with Crippen molar-refractivity contribution in [2.24, 2.45) is 0 Å². The molecule has 1 heterocycles. The van der Waals surface area contributed by atoms with Gasteiger partial charge in [0, 0.05) is 19.6 Å². The molecule has 4 heteroatoms. The van der Waals surface area contributed by atoms with Gasteiger partial charge in [-0.2, -0.15) is 0 Å². The monoisotopic (exact) mass is 310 g/mol. The van der Waals surface area contributed by atoms with Gasteiger partial charge in [0.1, 0.15) is 0 Å². The summed E-state index contributed by atoms with van der Waals surface area (Å²) in [6.45, 7) is 12.2. The van der Waals surface area contributed by atoms with Gasteiger partial charge in [-0.1, -0.05) is 24.6 Å². The number of ether oxygens (including phenoxy) is 1. The van der Waals surface area contributed by atoms with Crippen LogP contribution in [0, 0.1) is 0 Å². The van der Waals surface area contributed by atoms with Crippen molar-refractivity contribution in [1.82, 2.24) is 5.32 Å². The Bertz CT molecular complexity index is 476. The summed E-state index contributed by atoms with van der Waals surface area (Å²) in [5, 5.41) is 4.23. The van der Waals surface area contributed by atoms with Crippen molar-refractivity contribution >= 4 is 17.3 Å². The molecule has 1 aliphatic rings. The number of anilines is 1. The molecule has 2 rings (SSSR count). The zero-order valence-corrected chi connectivity index (χ0v) is 14.3.